The second-order valence-corrected chi connectivity index (χ2v) is 9.30. The van der Waals surface area contributed by atoms with E-state index in [-0.39, 0.29) is 16.8 Å². The number of nitrogens with one attached hydrogen (secondary N) is 2. The fourth-order valence-corrected chi connectivity index (χ4v) is 5.03. The molecule has 2 heterocycles. The van der Waals surface area contributed by atoms with Crippen molar-refractivity contribution in [1.29, 1.82) is 0 Å². The van der Waals surface area contributed by atoms with Gasteiger partial charge in [-0.25, -0.2) is 4.79 Å². The lowest BCUT2D eigenvalue weighted by atomic mass is 9.95. The second-order valence-electron chi connectivity index (χ2n) is 7.55. The van der Waals surface area contributed by atoms with Crippen LogP contribution in [0.25, 0.3) is 10.8 Å². The zero-order valence-electron chi connectivity index (χ0n) is 15.7. The maximum absolute atomic E-state index is 12.8. The van der Waals surface area contributed by atoms with Crippen molar-refractivity contribution in [3.8, 4) is 0 Å². The highest BCUT2D eigenvalue weighted by molar-refractivity contribution is 8.00. The van der Waals surface area contributed by atoms with Crippen LogP contribution in [0, 0.1) is 6.92 Å². The topological polar surface area (TPSA) is 54.0 Å². The van der Waals surface area contributed by atoms with E-state index in [1.807, 2.05) is 49.0 Å². The number of urea groups is 1. The summed E-state index contributed by atoms with van der Waals surface area (Å²) in [5.41, 5.74) is 2.94. The van der Waals surface area contributed by atoms with Gasteiger partial charge in [-0.05, 0) is 37.1 Å². The lowest BCUT2D eigenvalue weighted by Gasteiger charge is -2.36. The Labute approximate surface area is 163 Å². The summed E-state index contributed by atoms with van der Waals surface area (Å²) in [6, 6.07) is 16.0. The monoisotopic (exact) mass is 377 g/mol. The predicted molar refractivity (Wildman–Crippen MR) is 112 cm³/mol. The van der Waals surface area contributed by atoms with Crippen molar-refractivity contribution in [2.45, 2.75) is 42.9 Å². The van der Waals surface area contributed by atoms with Gasteiger partial charge in [0.1, 0.15) is 0 Å². The number of hydrogen-bond donors (Lipinski definition) is 2. The standard InChI is InChI=1S/C22H23N3OS/c1-14-15-8-6-9-18(16(15)11-12-23-14)24-21(26)25-19-13-22(2,3)27-20-10-5-4-7-17(19)20/h4-12,19H,13H2,1-3H3,(H2,24,25,26). The first-order chi connectivity index (χ1) is 12.9. The number of aromatic nitrogens is 1. The summed E-state index contributed by atoms with van der Waals surface area (Å²) >= 11 is 1.87. The molecule has 4 nitrogen and oxygen atoms in total. The molecule has 1 atom stereocenters. The van der Waals surface area contributed by atoms with Crippen LogP contribution in [0.15, 0.2) is 59.6 Å². The normalized spacial score (nSPS) is 18.0. The van der Waals surface area contributed by atoms with E-state index in [2.05, 4.69) is 47.7 Å². The third kappa shape index (κ3) is 3.65. The summed E-state index contributed by atoms with van der Waals surface area (Å²) in [4.78, 5) is 18.4. The number of rotatable bonds is 2. The maximum Gasteiger partial charge on any atom is 0.319 e. The summed E-state index contributed by atoms with van der Waals surface area (Å²) in [6.07, 6.45) is 2.67. The predicted octanol–water partition coefficient (Wildman–Crippen LogP) is 5.68. The van der Waals surface area contributed by atoms with Gasteiger partial charge in [-0.3, -0.25) is 4.98 Å². The van der Waals surface area contributed by atoms with Crippen LogP contribution in [0.4, 0.5) is 10.5 Å². The Hall–Kier alpha value is -2.53. The Bertz CT molecular complexity index is 1020. The van der Waals surface area contributed by atoms with Crippen molar-refractivity contribution in [3.05, 3.63) is 66.0 Å². The van der Waals surface area contributed by atoms with Gasteiger partial charge in [-0.15, -0.1) is 11.8 Å². The number of benzene rings is 2. The largest absolute Gasteiger partial charge is 0.331 e. The number of carbonyl (C=O) groups excluding carboxylic acids is 1. The van der Waals surface area contributed by atoms with Crippen LogP contribution in [0.5, 0.6) is 0 Å². The zero-order chi connectivity index (χ0) is 19.0. The van der Waals surface area contributed by atoms with Gasteiger partial charge in [0, 0.05) is 32.3 Å². The van der Waals surface area contributed by atoms with E-state index >= 15 is 0 Å². The van der Waals surface area contributed by atoms with Crippen LogP contribution in [-0.4, -0.2) is 15.8 Å². The molecule has 0 saturated heterocycles. The first kappa shape index (κ1) is 17.9. The molecule has 0 aliphatic carbocycles. The van der Waals surface area contributed by atoms with Crippen LogP contribution in [0.2, 0.25) is 0 Å². The summed E-state index contributed by atoms with van der Waals surface area (Å²) in [5.74, 6) is 0. The lowest BCUT2D eigenvalue weighted by Crippen LogP contribution is -2.38. The Kier molecular flexibility index (Phi) is 4.56. The van der Waals surface area contributed by atoms with Crippen LogP contribution in [0.3, 0.4) is 0 Å². The molecule has 2 amide bonds. The molecule has 5 heteroatoms. The fourth-order valence-electron chi connectivity index (χ4n) is 3.71. The first-order valence-corrected chi connectivity index (χ1v) is 9.94. The molecule has 4 rings (SSSR count). The number of pyridine rings is 1. The summed E-state index contributed by atoms with van der Waals surface area (Å²) < 4.78 is 0.0779. The molecule has 2 aromatic carbocycles. The van der Waals surface area contributed by atoms with Crippen molar-refractivity contribution in [3.63, 3.8) is 0 Å². The molecule has 0 fully saturated rings. The van der Waals surface area contributed by atoms with Crippen LogP contribution in [0.1, 0.15) is 37.6 Å². The third-order valence-corrected chi connectivity index (χ3v) is 6.25. The third-order valence-electron chi connectivity index (χ3n) is 4.94. The highest BCUT2D eigenvalue weighted by Crippen LogP contribution is 2.47. The minimum atomic E-state index is -0.181. The number of hydrogen-bond acceptors (Lipinski definition) is 3. The average Bonchev–Trinajstić information content (AvgIpc) is 2.61. The molecule has 138 valence electrons. The van der Waals surface area contributed by atoms with E-state index in [1.165, 1.54) is 10.5 Å². The fraction of sp³-hybridized carbons (Fsp3) is 0.273. The maximum atomic E-state index is 12.8. The minimum Gasteiger partial charge on any atom is -0.331 e. The van der Waals surface area contributed by atoms with Crippen LogP contribution < -0.4 is 10.6 Å². The van der Waals surface area contributed by atoms with Gasteiger partial charge in [0.15, 0.2) is 0 Å². The van der Waals surface area contributed by atoms with Gasteiger partial charge < -0.3 is 10.6 Å². The molecule has 1 unspecified atom stereocenters. The smallest absolute Gasteiger partial charge is 0.319 e. The van der Waals surface area contributed by atoms with Crippen molar-refractivity contribution in [2.24, 2.45) is 0 Å². The summed E-state index contributed by atoms with van der Waals surface area (Å²) in [5, 5.41) is 8.26. The van der Waals surface area contributed by atoms with Gasteiger partial charge in [-0.1, -0.05) is 44.2 Å². The summed E-state index contributed by atoms with van der Waals surface area (Å²) in [7, 11) is 0. The molecule has 3 aromatic rings. The molecule has 0 radical (unpaired) electrons. The van der Waals surface area contributed by atoms with Crippen molar-refractivity contribution >= 4 is 34.3 Å². The van der Waals surface area contributed by atoms with Gasteiger partial charge in [0.05, 0.1) is 11.7 Å². The molecule has 1 aromatic heterocycles. The molecule has 1 aliphatic rings. The van der Waals surface area contributed by atoms with E-state index in [4.69, 9.17) is 0 Å². The first-order valence-electron chi connectivity index (χ1n) is 9.13. The van der Waals surface area contributed by atoms with Crippen molar-refractivity contribution < 1.29 is 4.79 Å². The lowest BCUT2D eigenvalue weighted by molar-refractivity contribution is 0.246. The molecule has 2 N–H and O–H groups in total. The molecule has 0 saturated carbocycles. The number of carbonyl (C=O) groups is 1. The SMILES string of the molecule is Cc1nccc2c(NC(=O)NC3CC(C)(C)Sc4ccccc43)cccc12. The molecule has 27 heavy (non-hydrogen) atoms. The highest BCUT2D eigenvalue weighted by Gasteiger charge is 2.33. The number of thioether (sulfide) groups is 1. The molecular weight excluding hydrogens is 354 g/mol. The molecule has 0 spiro atoms. The molecule has 1 aliphatic heterocycles. The Balaban J connectivity index is 1.58. The highest BCUT2D eigenvalue weighted by atomic mass is 32.2. The number of aryl methyl sites for hydroxylation is 1. The van der Waals surface area contributed by atoms with Crippen molar-refractivity contribution in [1.82, 2.24) is 10.3 Å². The van der Waals surface area contributed by atoms with Crippen molar-refractivity contribution in [2.75, 3.05) is 5.32 Å². The Morgan fingerprint density at radius 2 is 1.93 bits per heavy atom. The zero-order valence-corrected chi connectivity index (χ0v) is 16.6. The number of amides is 2. The van der Waals surface area contributed by atoms with Crippen LogP contribution in [-0.2, 0) is 0 Å². The van der Waals surface area contributed by atoms with Gasteiger partial charge >= 0.3 is 6.03 Å². The van der Waals surface area contributed by atoms with Gasteiger partial charge in [-0.2, -0.15) is 0 Å². The number of nitrogens with zero attached hydrogens (tertiary/aromatic N) is 1. The van der Waals surface area contributed by atoms with E-state index < -0.39 is 0 Å². The molecule has 0 bridgehead atoms. The number of fused-ring (bicyclic) bond motifs is 2. The quantitative estimate of drug-likeness (QED) is 0.604. The molecular formula is C22H23N3OS. The Morgan fingerprint density at radius 3 is 2.78 bits per heavy atom. The van der Waals surface area contributed by atoms with E-state index in [1.54, 1.807) is 6.20 Å². The minimum absolute atomic E-state index is 0.00386. The van der Waals surface area contributed by atoms with Crippen LogP contribution >= 0.6 is 11.8 Å². The van der Waals surface area contributed by atoms with Gasteiger partial charge in [0.2, 0.25) is 0 Å². The number of anilines is 1. The van der Waals surface area contributed by atoms with E-state index in [0.717, 1.165) is 28.6 Å². The van der Waals surface area contributed by atoms with Gasteiger partial charge in [0.25, 0.3) is 0 Å². The summed E-state index contributed by atoms with van der Waals surface area (Å²) in [6.45, 7) is 6.42. The average molecular weight is 378 g/mol. The Morgan fingerprint density at radius 1 is 1.11 bits per heavy atom. The van der Waals surface area contributed by atoms with E-state index in [0.29, 0.717) is 0 Å². The van der Waals surface area contributed by atoms with E-state index in [9.17, 15) is 4.79 Å². The second kappa shape index (κ2) is 6.89.